The lowest BCUT2D eigenvalue weighted by Crippen LogP contribution is -2.34. The Morgan fingerprint density at radius 3 is 2.82 bits per heavy atom. The Bertz CT molecular complexity index is 362. The number of methoxy groups -OCH3 is 1. The summed E-state index contributed by atoms with van der Waals surface area (Å²) in [4.78, 5) is 0. The standard InChI is InChI=1S/C12H18ClFN2O/c1-8(17-2)7-16-11(6-15)9-4-3-5-10(13)12(9)14/h3-5,8,11,16H,6-7,15H2,1-2H3. The van der Waals surface area contributed by atoms with Crippen LogP contribution >= 0.6 is 11.6 Å². The summed E-state index contributed by atoms with van der Waals surface area (Å²) >= 11 is 5.74. The average Bonchev–Trinajstić information content (AvgIpc) is 2.34. The van der Waals surface area contributed by atoms with E-state index in [9.17, 15) is 4.39 Å². The lowest BCUT2D eigenvalue weighted by molar-refractivity contribution is 0.114. The molecule has 0 aliphatic heterocycles. The van der Waals surface area contributed by atoms with Crippen LogP contribution in [0.5, 0.6) is 0 Å². The summed E-state index contributed by atoms with van der Waals surface area (Å²) in [5.41, 5.74) is 6.13. The van der Waals surface area contributed by atoms with Gasteiger partial charge in [-0.25, -0.2) is 4.39 Å². The molecule has 0 spiro atoms. The fraction of sp³-hybridized carbons (Fsp3) is 0.500. The van der Waals surface area contributed by atoms with Gasteiger partial charge in [0.2, 0.25) is 0 Å². The van der Waals surface area contributed by atoms with Gasteiger partial charge >= 0.3 is 0 Å². The lowest BCUT2D eigenvalue weighted by Gasteiger charge is -2.20. The Balaban J connectivity index is 2.76. The number of hydrogen-bond acceptors (Lipinski definition) is 3. The largest absolute Gasteiger partial charge is 0.380 e. The molecule has 3 nitrogen and oxygen atoms in total. The molecule has 2 atom stereocenters. The van der Waals surface area contributed by atoms with Crippen molar-refractivity contribution in [1.29, 1.82) is 0 Å². The highest BCUT2D eigenvalue weighted by atomic mass is 35.5. The van der Waals surface area contributed by atoms with E-state index in [1.807, 2.05) is 6.92 Å². The summed E-state index contributed by atoms with van der Waals surface area (Å²) < 4.78 is 18.9. The molecule has 0 bridgehead atoms. The molecule has 17 heavy (non-hydrogen) atoms. The normalized spacial score (nSPS) is 14.6. The molecule has 0 heterocycles. The van der Waals surface area contributed by atoms with Crippen LogP contribution in [0.15, 0.2) is 18.2 Å². The van der Waals surface area contributed by atoms with Crippen molar-refractivity contribution >= 4 is 11.6 Å². The molecule has 5 heteroatoms. The van der Waals surface area contributed by atoms with Gasteiger partial charge in [-0.2, -0.15) is 0 Å². The molecule has 0 amide bonds. The van der Waals surface area contributed by atoms with E-state index in [1.54, 1.807) is 19.2 Å². The highest BCUT2D eigenvalue weighted by Gasteiger charge is 2.16. The number of nitrogens with one attached hydrogen (secondary N) is 1. The quantitative estimate of drug-likeness (QED) is 0.824. The van der Waals surface area contributed by atoms with Crippen molar-refractivity contribution in [2.45, 2.75) is 19.1 Å². The van der Waals surface area contributed by atoms with Gasteiger partial charge in [-0.1, -0.05) is 23.7 Å². The van der Waals surface area contributed by atoms with Gasteiger partial charge in [-0.15, -0.1) is 0 Å². The van der Waals surface area contributed by atoms with Gasteiger partial charge in [0.1, 0.15) is 5.82 Å². The van der Waals surface area contributed by atoms with E-state index in [4.69, 9.17) is 22.1 Å². The second-order valence-electron chi connectivity index (χ2n) is 3.89. The number of halogens is 2. The van der Waals surface area contributed by atoms with Crippen LogP contribution in [0.2, 0.25) is 5.02 Å². The van der Waals surface area contributed by atoms with Gasteiger partial charge < -0.3 is 15.8 Å². The first-order chi connectivity index (χ1) is 8.10. The topological polar surface area (TPSA) is 47.3 Å². The van der Waals surface area contributed by atoms with Crippen LogP contribution in [0, 0.1) is 5.82 Å². The predicted molar refractivity (Wildman–Crippen MR) is 67.7 cm³/mol. The fourth-order valence-corrected chi connectivity index (χ4v) is 1.68. The van der Waals surface area contributed by atoms with E-state index >= 15 is 0 Å². The zero-order chi connectivity index (χ0) is 12.8. The van der Waals surface area contributed by atoms with E-state index in [0.717, 1.165) is 0 Å². The molecule has 0 aliphatic rings. The van der Waals surface area contributed by atoms with Gasteiger partial charge in [-0.05, 0) is 13.0 Å². The second-order valence-corrected chi connectivity index (χ2v) is 4.29. The molecule has 1 aromatic rings. The van der Waals surface area contributed by atoms with E-state index in [-0.39, 0.29) is 17.2 Å². The summed E-state index contributed by atoms with van der Waals surface area (Å²) in [6, 6.07) is 4.66. The number of ether oxygens (including phenoxy) is 1. The molecule has 0 saturated heterocycles. The number of hydrogen-bond donors (Lipinski definition) is 2. The number of benzene rings is 1. The molecule has 0 fully saturated rings. The zero-order valence-corrected chi connectivity index (χ0v) is 10.8. The van der Waals surface area contributed by atoms with E-state index in [1.165, 1.54) is 6.07 Å². The van der Waals surface area contributed by atoms with Crippen LogP contribution in [0.4, 0.5) is 4.39 Å². The molecule has 0 aliphatic carbocycles. The second kappa shape index (κ2) is 6.91. The van der Waals surface area contributed by atoms with Crippen LogP contribution in [-0.4, -0.2) is 26.3 Å². The van der Waals surface area contributed by atoms with Crippen LogP contribution in [-0.2, 0) is 4.74 Å². The maximum absolute atomic E-state index is 13.8. The molecule has 0 aromatic heterocycles. The molecule has 3 N–H and O–H groups in total. The molecule has 1 rings (SSSR count). The Kier molecular flexibility index (Phi) is 5.85. The van der Waals surface area contributed by atoms with Crippen molar-refractivity contribution in [1.82, 2.24) is 5.32 Å². The summed E-state index contributed by atoms with van der Waals surface area (Å²) in [6.07, 6.45) is 0.0475. The van der Waals surface area contributed by atoms with Gasteiger partial charge in [0.25, 0.3) is 0 Å². The third-order valence-corrected chi connectivity index (χ3v) is 2.94. The van der Waals surface area contributed by atoms with Crippen LogP contribution in [0.3, 0.4) is 0 Å². The molecule has 0 radical (unpaired) electrons. The number of nitrogens with two attached hydrogens (primary N) is 1. The lowest BCUT2D eigenvalue weighted by atomic mass is 10.1. The Labute approximate surface area is 106 Å². The first-order valence-electron chi connectivity index (χ1n) is 5.50. The minimum atomic E-state index is -0.415. The molecular weight excluding hydrogens is 243 g/mol. The monoisotopic (exact) mass is 260 g/mol. The van der Waals surface area contributed by atoms with Gasteiger partial charge in [0.05, 0.1) is 11.1 Å². The molecule has 96 valence electrons. The summed E-state index contributed by atoms with van der Waals surface area (Å²) in [5.74, 6) is -0.415. The van der Waals surface area contributed by atoms with E-state index in [0.29, 0.717) is 18.7 Å². The van der Waals surface area contributed by atoms with Gasteiger partial charge in [-0.3, -0.25) is 0 Å². The molecular formula is C12H18ClFN2O. The Morgan fingerprint density at radius 1 is 1.53 bits per heavy atom. The maximum atomic E-state index is 13.8. The fourth-order valence-electron chi connectivity index (χ4n) is 1.50. The van der Waals surface area contributed by atoms with Crippen molar-refractivity contribution in [3.05, 3.63) is 34.6 Å². The maximum Gasteiger partial charge on any atom is 0.146 e. The smallest absolute Gasteiger partial charge is 0.146 e. The van der Waals surface area contributed by atoms with Crippen molar-refractivity contribution < 1.29 is 9.13 Å². The molecule has 0 saturated carbocycles. The average molecular weight is 261 g/mol. The van der Waals surface area contributed by atoms with Crippen molar-refractivity contribution in [2.24, 2.45) is 5.73 Å². The summed E-state index contributed by atoms with van der Waals surface area (Å²) in [5, 5.41) is 3.27. The number of rotatable bonds is 6. The third kappa shape index (κ3) is 3.92. The first-order valence-corrected chi connectivity index (χ1v) is 5.88. The van der Waals surface area contributed by atoms with Crippen molar-refractivity contribution in [3.63, 3.8) is 0 Å². The third-order valence-electron chi connectivity index (χ3n) is 2.65. The molecule has 2 unspecified atom stereocenters. The van der Waals surface area contributed by atoms with Gasteiger partial charge in [0, 0.05) is 31.8 Å². The van der Waals surface area contributed by atoms with E-state index < -0.39 is 5.82 Å². The highest BCUT2D eigenvalue weighted by molar-refractivity contribution is 6.30. The first kappa shape index (κ1) is 14.4. The predicted octanol–water partition coefficient (Wildman–Crippen LogP) is 2.10. The van der Waals surface area contributed by atoms with Gasteiger partial charge in [0.15, 0.2) is 0 Å². The van der Waals surface area contributed by atoms with Crippen LogP contribution in [0.25, 0.3) is 0 Å². The Morgan fingerprint density at radius 2 is 2.24 bits per heavy atom. The van der Waals surface area contributed by atoms with Crippen LogP contribution < -0.4 is 11.1 Å². The summed E-state index contributed by atoms with van der Waals surface area (Å²) in [6.45, 7) is 2.83. The van der Waals surface area contributed by atoms with E-state index in [2.05, 4.69) is 5.32 Å². The summed E-state index contributed by atoms with van der Waals surface area (Å²) in [7, 11) is 1.63. The minimum Gasteiger partial charge on any atom is -0.380 e. The zero-order valence-electron chi connectivity index (χ0n) is 10.0. The van der Waals surface area contributed by atoms with Crippen molar-refractivity contribution in [3.8, 4) is 0 Å². The Hall–Kier alpha value is -0.680. The molecule has 1 aromatic carbocycles. The highest BCUT2D eigenvalue weighted by Crippen LogP contribution is 2.22. The SMILES string of the molecule is COC(C)CNC(CN)c1cccc(Cl)c1F. The minimum absolute atomic E-state index is 0.0475. The van der Waals surface area contributed by atoms with Crippen LogP contribution in [0.1, 0.15) is 18.5 Å². The van der Waals surface area contributed by atoms with Crippen molar-refractivity contribution in [2.75, 3.05) is 20.2 Å².